The van der Waals surface area contributed by atoms with Gasteiger partial charge >= 0.3 is 5.97 Å². The number of ketones is 1. The Bertz CT molecular complexity index is 924. The van der Waals surface area contributed by atoms with Crippen LogP contribution in [0.15, 0.2) is 41.3 Å². The number of thioether (sulfide) groups is 1. The van der Waals surface area contributed by atoms with Crippen LogP contribution in [0.25, 0.3) is 0 Å². The van der Waals surface area contributed by atoms with Crippen LogP contribution >= 0.6 is 11.8 Å². The van der Waals surface area contributed by atoms with Crippen LogP contribution in [0.3, 0.4) is 0 Å². The van der Waals surface area contributed by atoms with Crippen molar-refractivity contribution in [3.63, 3.8) is 0 Å². The first-order chi connectivity index (χ1) is 15.0. The van der Waals surface area contributed by atoms with Gasteiger partial charge in [-0.2, -0.15) is 0 Å². The van der Waals surface area contributed by atoms with Crippen LogP contribution in [0.4, 0.5) is 0 Å². The predicted octanol–water partition coefficient (Wildman–Crippen LogP) is 6.44. The second kappa shape index (κ2) is 11.0. The zero-order valence-corrected chi connectivity index (χ0v) is 21.4. The summed E-state index contributed by atoms with van der Waals surface area (Å²) in [5.41, 5.74) is 2.80. The van der Waals surface area contributed by atoms with E-state index in [1.54, 1.807) is 32.5 Å². The van der Waals surface area contributed by atoms with Gasteiger partial charge in [-0.15, -0.1) is 11.8 Å². The first-order valence-electron chi connectivity index (χ1n) is 11.1. The Kier molecular flexibility index (Phi) is 8.97. The molecule has 2 unspecified atom stereocenters. The highest BCUT2D eigenvalue weighted by molar-refractivity contribution is 7.98. The van der Waals surface area contributed by atoms with Crippen LogP contribution in [0.5, 0.6) is 5.75 Å². The van der Waals surface area contributed by atoms with Gasteiger partial charge < -0.3 is 9.47 Å². The standard InChI is InChI=1S/C27H36O4S/c1-9-30-26(29)27(6,7)31-25-18(3)15-21(16-19(25)4)14-17(2)20(5)24(28)22-10-12-23(32-8)13-11-22/h10-13,15-17,20H,9,14H2,1-8H3. The average Bonchev–Trinajstić information content (AvgIpc) is 2.75. The molecule has 2 aromatic carbocycles. The minimum absolute atomic E-state index is 0.0885. The lowest BCUT2D eigenvalue weighted by molar-refractivity contribution is -0.158. The second-order valence-corrected chi connectivity index (χ2v) is 9.83. The fourth-order valence-corrected chi connectivity index (χ4v) is 4.15. The van der Waals surface area contributed by atoms with Crippen LogP contribution in [0, 0.1) is 25.7 Å². The number of aryl methyl sites for hydroxylation is 2. The number of esters is 1. The van der Waals surface area contributed by atoms with E-state index in [2.05, 4.69) is 19.1 Å². The monoisotopic (exact) mass is 456 g/mol. The molecule has 0 N–H and O–H groups in total. The maximum absolute atomic E-state index is 13.0. The molecule has 0 saturated heterocycles. The molecule has 0 saturated carbocycles. The molecule has 0 aliphatic heterocycles. The Morgan fingerprint density at radius 2 is 1.59 bits per heavy atom. The van der Waals surface area contributed by atoms with Crippen LogP contribution in [-0.2, 0) is 16.0 Å². The third kappa shape index (κ3) is 6.38. The maximum atomic E-state index is 13.0. The largest absolute Gasteiger partial charge is 0.476 e. The summed E-state index contributed by atoms with van der Waals surface area (Å²) in [6, 6.07) is 12.0. The lowest BCUT2D eigenvalue weighted by atomic mass is 9.84. The van der Waals surface area contributed by atoms with Crippen LogP contribution in [0.1, 0.15) is 61.7 Å². The molecule has 0 radical (unpaired) electrons. The van der Waals surface area contributed by atoms with Gasteiger partial charge in [-0.05, 0) is 82.0 Å². The van der Waals surface area contributed by atoms with E-state index in [4.69, 9.17) is 9.47 Å². The van der Waals surface area contributed by atoms with E-state index < -0.39 is 5.60 Å². The number of carbonyl (C=O) groups excluding carboxylic acids is 2. The summed E-state index contributed by atoms with van der Waals surface area (Å²) in [4.78, 5) is 26.3. The van der Waals surface area contributed by atoms with Gasteiger partial charge in [0, 0.05) is 16.4 Å². The van der Waals surface area contributed by atoms with Crippen LogP contribution < -0.4 is 4.74 Å². The summed E-state index contributed by atoms with van der Waals surface area (Å²) >= 11 is 1.67. The third-order valence-corrected chi connectivity index (χ3v) is 6.59. The zero-order valence-electron chi connectivity index (χ0n) is 20.6. The molecule has 2 rings (SSSR count). The van der Waals surface area contributed by atoms with Gasteiger partial charge in [0.05, 0.1) is 6.61 Å². The molecule has 0 spiro atoms. The fourth-order valence-electron chi connectivity index (χ4n) is 3.75. The molecule has 5 heteroatoms. The van der Waals surface area contributed by atoms with Gasteiger partial charge in [0.15, 0.2) is 11.4 Å². The SMILES string of the molecule is CCOC(=O)C(C)(C)Oc1c(C)cc(CC(C)C(C)C(=O)c2ccc(SC)cc2)cc1C. The summed E-state index contributed by atoms with van der Waals surface area (Å²) in [5.74, 6) is 0.597. The van der Waals surface area contributed by atoms with Gasteiger partial charge in [0.25, 0.3) is 0 Å². The van der Waals surface area contributed by atoms with Crippen molar-refractivity contribution in [2.24, 2.45) is 11.8 Å². The van der Waals surface area contributed by atoms with Crippen molar-refractivity contribution in [3.8, 4) is 5.75 Å². The predicted molar refractivity (Wildman–Crippen MR) is 132 cm³/mol. The lowest BCUT2D eigenvalue weighted by Crippen LogP contribution is -2.40. The zero-order chi connectivity index (χ0) is 24.1. The second-order valence-electron chi connectivity index (χ2n) is 8.95. The fraction of sp³-hybridized carbons (Fsp3) is 0.481. The quantitative estimate of drug-likeness (QED) is 0.234. The van der Waals surface area contributed by atoms with Crippen LogP contribution in [-0.4, -0.2) is 30.2 Å². The number of carbonyl (C=O) groups is 2. The molecule has 174 valence electrons. The minimum atomic E-state index is -1.06. The summed E-state index contributed by atoms with van der Waals surface area (Å²) in [6.45, 7) is 13.6. The van der Waals surface area contributed by atoms with Gasteiger partial charge in [-0.3, -0.25) is 4.79 Å². The van der Waals surface area contributed by atoms with Crippen molar-refractivity contribution in [2.75, 3.05) is 12.9 Å². The van der Waals surface area contributed by atoms with E-state index in [1.165, 1.54) is 0 Å². The van der Waals surface area contributed by atoms with Gasteiger partial charge in [0.1, 0.15) is 5.75 Å². The van der Waals surface area contributed by atoms with E-state index in [-0.39, 0.29) is 23.6 Å². The molecular formula is C27H36O4S. The Balaban J connectivity index is 2.13. The number of Topliss-reactive ketones (excluding diaryl/α,β-unsaturated/α-hetero) is 1. The van der Waals surface area contributed by atoms with Crippen molar-refractivity contribution in [2.45, 2.75) is 65.4 Å². The number of benzene rings is 2. The summed E-state index contributed by atoms with van der Waals surface area (Å²) in [5, 5.41) is 0. The lowest BCUT2D eigenvalue weighted by Gasteiger charge is -2.27. The number of hydrogen-bond donors (Lipinski definition) is 0. The van der Waals surface area contributed by atoms with E-state index in [0.717, 1.165) is 33.6 Å². The molecule has 0 amide bonds. The van der Waals surface area contributed by atoms with Crippen molar-refractivity contribution >= 4 is 23.5 Å². The molecule has 32 heavy (non-hydrogen) atoms. The van der Waals surface area contributed by atoms with Crippen molar-refractivity contribution < 1.29 is 19.1 Å². The van der Waals surface area contributed by atoms with Gasteiger partial charge in [-0.1, -0.05) is 38.1 Å². The highest BCUT2D eigenvalue weighted by Gasteiger charge is 2.32. The van der Waals surface area contributed by atoms with Gasteiger partial charge in [-0.25, -0.2) is 4.79 Å². The van der Waals surface area contributed by atoms with Crippen molar-refractivity contribution in [1.82, 2.24) is 0 Å². The first kappa shape index (κ1) is 26.0. The summed E-state index contributed by atoms with van der Waals surface area (Å²) in [6.07, 6.45) is 2.82. The summed E-state index contributed by atoms with van der Waals surface area (Å²) < 4.78 is 11.2. The third-order valence-electron chi connectivity index (χ3n) is 5.84. The van der Waals surface area contributed by atoms with E-state index >= 15 is 0 Å². The van der Waals surface area contributed by atoms with E-state index in [9.17, 15) is 9.59 Å². The highest BCUT2D eigenvalue weighted by Crippen LogP contribution is 2.31. The average molecular weight is 457 g/mol. The highest BCUT2D eigenvalue weighted by atomic mass is 32.2. The van der Waals surface area contributed by atoms with E-state index in [1.807, 2.05) is 51.3 Å². The minimum Gasteiger partial charge on any atom is -0.476 e. The Morgan fingerprint density at radius 1 is 1.03 bits per heavy atom. The molecule has 0 heterocycles. The summed E-state index contributed by atoms with van der Waals surface area (Å²) in [7, 11) is 0. The molecule has 0 aromatic heterocycles. The van der Waals surface area contributed by atoms with E-state index in [0.29, 0.717) is 12.4 Å². The molecule has 0 aliphatic rings. The number of hydrogen-bond acceptors (Lipinski definition) is 5. The van der Waals surface area contributed by atoms with Crippen LogP contribution in [0.2, 0.25) is 0 Å². The Labute approximate surface area is 197 Å². The van der Waals surface area contributed by atoms with Crippen molar-refractivity contribution in [1.29, 1.82) is 0 Å². The molecular weight excluding hydrogens is 420 g/mol. The first-order valence-corrected chi connectivity index (χ1v) is 12.4. The normalized spacial score (nSPS) is 13.4. The molecule has 2 aromatic rings. The molecule has 4 nitrogen and oxygen atoms in total. The van der Waals surface area contributed by atoms with Gasteiger partial charge in [0.2, 0.25) is 0 Å². The Morgan fingerprint density at radius 3 is 2.09 bits per heavy atom. The maximum Gasteiger partial charge on any atom is 0.349 e. The smallest absolute Gasteiger partial charge is 0.349 e. The molecule has 0 fully saturated rings. The molecule has 2 atom stereocenters. The number of ether oxygens (including phenoxy) is 2. The number of rotatable bonds is 10. The Hall–Kier alpha value is -2.27. The molecule has 0 aliphatic carbocycles. The topological polar surface area (TPSA) is 52.6 Å². The van der Waals surface area contributed by atoms with Crippen molar-refractivity contribution in [3.05, 3.63) is 58.7 Å². The molecule has 0 bridgehead atoms.